The first-order valence-corrected chi connectivity index (χ1v) is 5.12. The summed E-state index contributed by atoms with van der Waals surface area (Å²) in [5.41, 5.74) is -0.232. The maximum atomic E-state index is 14.3. The predicted octanol–water partition coefficient (Wildman–Crippen LogP) is 2.30. The zero-order chi connectivity index (χ0) is 10.0. The molecular weight excluding hydrogens is 181 g/mol. The molecule has 1 aromatic heterocycles. The monoisotopic (exact) mass is 197 g/mol. The van der Waals surface area contributed by atoms with Gasteiger partial charge in [0.05, 0.1) is 12.5 Å². The zero-order valence-corrected chi connectivity index (χ0v) is 8.42. The predicted molar refractivity (Wildman–Crippen MR) is 52.9 cm³/mol. The Morgan fingerprint density at radius 1 is 1.71 bits per heavy atom. The molecule has 0 bridgehead atoms. The summed E-state index contributed by atoms with van der Waals surface area (Å²) in [5.74, 6) is 0. The minimum Gasteiger partial charge on any atom is -0.472 e. The first-order valence-electron chi connectivity index (χ1n) is 5.12. The Balaban J connectivity index is 2.00. The van der Waals surface area contributed by atoms with Gasteiger partial charge in [-0.25, -0.2) is 4.39 Å². The molecule has 1 aromatic rings. The smallest absolute Gasteiger partial charge is 0.127 e. The molecular formula is C11H16FNO. The molecule has 1 saturated heterocycles. The van der Waals surface area contributed by atoms with E-state index in [9.17, 15) is 4.39 Å². The molecule has 1 N–H and O–H groups in total. The Labute approximate surface area is 83.5 Å². The Bertz CT molecular complexity index is 275. The molecule has 0 aliphatic carbocycles. The third-order valence-electron chi connectivity index (χ3n) is 2.92. The molecule has 2 rings (SSSR count). The van der Waals surface area contributed by atoms with Gasteiger partial charge < -0.3 is 9.73 Å². The van der Waals surface area contributed by atoms with Crippen LogP contribution in [0.2, 0.25) is 0 Å². The average Bonchev–Trinajstić information content (AvgIpc) is 2.71. The molecule has 1 aliphatic heterocycles. The fourth-order valence-corrected chi connectivity index (χ4v) is 2.11. The number of rotatable bonds is 3. The molecule has 3 heteroatoms. The van der Waals surface area contributed by atoms with Gasteiger partial charge in [0.25, 0.3) is 0 Å². The highest BCUT2D eigenvalue weighted by Crippen LogP contribution is 2.27. The Morgan fingerprint density at radius 2 is 2.57 bits per heavy atom. The Kier molecular flexibility index (Phi) is 2.59. The summed E-state index contributed by atoms with van der Waals surface area (Å²) < 4.78 is 19.2. The van der Waals surface area contributed by atoms with Crippen LogP contribution in [-0.2, 0) is 6.42 Å². The second-order valence-electron chi connectivity index (χ2n) is 4.24. The Hall–Kier alpha value is -0.830. The molecule has 2 atom stereocenters. The quantitative estimate of drug-likeness (QED) is 0.804. The lowest BCUT2D eigenvalue weighted by Crippen LogP contribution is -2.43. The molecule has 1 aliphatic rings. The minimum atomic E-state index is -1.17. The van der Waals surface area contributed by atoms with Gasteiger partial charge >= 0.3 is 0 Å². The van der Waals surface area contributed by atoms with E-state index in [1.54, 1.807) is 19.5 Å². The highest BCUT2D eigenvalue weighted by molar-refractivity contribution is 5.11. The molecule has 1 fully saturated rings. The van der Waals surface area contributed by atoms with Crippen molar-refractivity contribution >= 4 is 0 Å². The normalized spacial score (nSPS) is 26.3. The van der Waals surface area contributed by atoms with Gasteiger partial charge in [0, 0.05) is 12.5 Å². The first-order chi connectivity index (χ1) is 6.68. The Morgan fingerprint density at radius 3 is 3.14 bits per heavy atom. The second kappa shape index (κ2) is 3.73. The highest BCUT2D eigenvalue weighted by Gasteiger charge is 2.36. The van der Waals surface area contributed by atoms with E-state index in [-0.39, 0.29) is 6.04 Å². The van der Waals surface area contributed by atoms with Gasteiger partial charge in [-0.3, -0.25) is 0 Å². The molecule has 2 heterocycles. The molecule has 2 nitrogen and oxygen atoms in total. The van der Waals surface area contributed by atoms with Gasteiger partial charge in [0.2, 0.25) is 0 Å². The molecule has 78 valence electrons. The van der Waals surface area contributed by atoms with Crippen molar-refractivity contribution in [3.05, 3.63) is 24.2 Å². The zero-order valence-electron chi connectivity index (χ0n) is 8.42. The van der Waals surface area contributed by atoms with E-state index in [1.165, 1.54) is 0 Å². The first kappa shape index (κ1) is 9.71. The van der Waals surface area contributed by atoms with E-state index in [1.807, 2.05) is 6.07 Å². The largest absolute Gasteiger partial charge is 0.472 e. The van der Waals surface area contributed by atoms with E-state index in [4.69, 9.17) is 4.42 Å². The molecule has 0 amide bonds. The maximum Gasteiger partial charge on any atom is 0.127 e. The van der Waals surface area contributed by atoms with Gasteiger partial charge in [-0.05, 0) is 37.9 Å². The van der Waals surface area contributed by atoms with E-state index in [2.05, 4.69) is 5.32 Å². The van der Waals surface area contributed by atoms with Gasteiger partial charge in [0.15, 0.2) is 0 Å². The highest BCUT2D eigenvalue weighted by atomic mass is 19.1. The topological polar surface area (TPSA) is 25.2 Å². The van der Waals surface area contributed by atoms with Crippen molar-refractivity contribution in [1.29, 1.82) is 0 Å². The maximum absolute atomic E-state index is 14.3. The van der Waals surface area contributed by atoms with E-state index >= 15 is 0 Å². The molecule has 0 spiro atoms. The fraction of sp³-hybridized carbons (Fsp3) is 0.636. The van der Waals surface area contributed by atoms with Gasteiger partial charge in [-0.15, -0.1) is 0 Å². The second-order valence-corrected chi connectivity index (χ2v) is 4.24. The number of nitrogens with one attached hydrogen (secondary N) is 1. The lowest BCUT2D eigenvalue weighted by atomic mass is 9.91. The summed E-state index contributed by atoms with van der Waals surface area (Å²) >= 11 is 0. The van der Waals surface area contributed by atoms with Crippen LogP contribution in [0.25, 0.3) is 0 Å². The van der Waals surface area contributed by atoms with Crippen LogP contribution in [0, 0.1) is 0 Å². The number of alkyl halides is 1. The lowest BCUT2D eigenvalue weighted by Gasteiger charge is -2.26. The summed E-state index contributed by atoms with van der Waals surface area (Å²) in [4.78, 5) is 0. The molecule has 14 heavy (non-hydrogen) atoms. The van der Waals surface area contributed by atoms with Crippen LogP contribution >= 0.6 is 0 Å². The summed E-state index contributed by atoms with van der Waals surface area (Å²) in [5, 5.41) is 3.20. The van der Waals surface area contributed by atoms with Crippen LogP contribution in [0.4, 0.5) is 4.39 Å². The average molecular weight is 197 g/mol. The standard InChI is InChI=1S/C11H16FNO/c1-11(12,10-3-2-5-13-10)7-9-4-6-14-8-9/h4,6,8,10,13H,2-3,5,7H2,1H3. The van der Waals surface area contributed by atoms with Crippen LogP contribution in [0.1, 0.15) is 25.3 Å². The number of hydrogen-bond acceptors (Lipinski definition) is 2. The lowest BCUT2D eigenvalue weighted by molar-refractivity contribution is 0.137. The minimum absolute atomic E-state index is 0.00241. The van der Waals surface area contributed by atoms with Crippen LogP contribution in [0.5, 0.6) is 0 Å². The molecule has 0 saturated carbocycles. The van der Waals surface area contributed by atoms with Gasteiger partial charge in [0.1, 0.15) is 5.67 Å². The van der Waals surface area contributed by atoms with Crippen molar-refractivity contribution in [2.45, 2.75) is 37.9 Å². The van der Waals surface area contributed by atoms with Crippen molar-refractivity contribution in [2.24, 2.45) is 0 Å². The number of hydrogen-bond donors (Lipinski definition) is 1. The van der Waals surface area contributed by atoms with Crippen molar-refractivity contribution in [3.8, 4) is 0 Å². The van der Waals surface area contributed by atoms with E-state index < -0.39 is 5.67 Å². The number of furan rings is 1. The SMILES string of the molecule is CC(F)(Cc1ccoc1)C1CCCN1. The van der Waals surface area contributed by atoms with Crippen LogP contribution in [0.15, 0.2) is 23.0 Å². The molecule has 2 unspecified atom stereocenters. The van der Waals surface area contributed by atoms with Crippen molar-refractivity contribution < 1.29 is 8.81 Å². The fourth-order valence-electron chi connectivity index (χ4n) is 2.11. The summed E-state index contributed by atoms with van der Waals surface area (Å²) in [7, 11) is 0. The molecule has 0 radical (unpaired) electrons. The molecule has 0 aromatic carbocycles. The third-order valence-corrected chi connectivity index (χ3v) is 2.92. The van der Waals surface area contributed by atoms with Crippen LogP contribution < -0.4 is 5.32 Å². The van der Waals surface area contributed by atoms with Crippen molar-refractivity contribution in [1.82, 2.24) is 5.32 Å². The van der Waals surface area contributed by atoms with Crippen molar-refractivity contribution in [2.75, 3.05) is 6.54 Å². The van der Waals surface area contributed by atoms with Gasteiger partial charge in [-0.2, -0.15) is 0 Å². The van der Waals surface area contributed by atoms with Crippen molar-refractivity contribution in [3.63, 3.8) is 0 Å². The van der Waals surface area contributed by atoms with E-state index in [0.29, 0.717) is 6.42 Å². The van der Waals surface area contributed by atoms with Gasteiger partial charge in [-0.1, -0.05) is 0 Å². The van der Waals surface area contributed by atoms with Crippen LogP contribution in [-0.4, -0.2) is 18.3 Å². The summed E-state index contributed by atoms with van der Waals surface area (Å²) in [6.45, 7) is 2.61. The third kappa shape index (κ3) is 1.98. The van der Waals surface area contributed by atoms with E-state index in [0.717, 1.165) is 24.9 Å². The van der Waals surface area contributed by atoms with Crippen LogP contribution in [0.3, 0.4) is 0 Å². The summed E-state index contributed by atoms with van der Waals surface area (Å²) in [6.07, 6.45) is 5.65. The number of halogens is 1. The summed E-state index contributed by atoms with van der Waals surface area (Å²) in [6, 6.07) is 1.82.